The SMILES string of the molecule is C=CCc1ccccc1O[Si](CCC(N)CCN)(Oc1ccccc1CC=C)Oc1ccccc1CC=C. The fourth-order valence-corrected chi connectivity index (χ4v) is 6.98. The Bertz CT molecular complexity index is 1060. The average Bonchev–Trinajstić information content (AvgIpc) is 2.92. The van der Waals surface area contributed by atoms with Crippen LogP contribution in [-0.4, -0.2) is 21.4 Å². The second kappa shape index (κ2) is 15.0. The van der Waals surface area contributed by atoms with Crippen molar-refractivity contribution < 1.29 is 13.3 Å². The third-order valence-corrected chi connectivity index (χ3v) is 8.66. The second-order valence-corrected chi connectivity index (χ2v) is 11.6. The summed E-state index contributed by atoms with van der Waals surface area (Å²) in [5.74, 6) is 2.15. The maximum absolute atomic E-state index is 6.90. The number of hydrogen-bond acceptors (Lipinski definition) is 5. The number of nitrogens with two attached hydrogens (primary N) is 2. The number of allylic oxidation sites excluding steroid dienone is 3. The van der Waals surface area contributed by atoms with Crippen molar-refractivity contribution >= 4 is 8.80 Å². The number of rotatable bonds is 17. The molecule has 3 rings (SSSR count). The summed E-state index contributed by atoms with van der Waals surface area (Å²) in [6, 6.07) is 24.2. The van der Waals surface area contributed by atoms with Gasteiger partial charge in [-0.3, -0.25) is 0 Å². The van der Waals surface area contributed by atoms with Crippen LogP contribution in [0.5, 0.6) is 17.2 Å². The van der Waals surface area contributed by atoms with Crippen LogP contribution in [-0.2, 0) is 19.3 Å². The van der Waals surface area contributed by atoms with Crippen molar-refractivity contribution in [2.24, 2.45) is 11.5 Å². The van der Waals surface area contributed by atoms with Gasteiger partial charge in [-0.1, -0.05) is 72.8 Å². The molecule has 6 heteroatoms. The zero-order chi connectivity index (χ0) is 27.2. The Labute approximate surface area is 228 Å². The molecule has 0 saturated carbocycles. The minimum absolute atomic E-state index is 0.0991. The van der Waals surface area contributed by atoms with Gasteiger partial charge in [0.2, 0.25) is 0 Å². The van der Waals surface area contributed by atoms with Crippen molar-refractivity contribution in [2.45, 2.75) is 44.2 Å². The standard InChI is InChI=1S/C32H40N2O3Si/c1-4-13-26-16-7-10-19-30(26)35-38(25-23-29(34)22-24-33,36-31-20-11-8-17-27(31)14-5-2)37-32-21-12-9-18-28(32)15-6-3/h4-12,16-21,29H,1-3,13-15,22-25,33-34H2. The van der Waals surface area contributed by atoms with E-state index < -0.39 is 8.80 Å². The lowest BCUT2D eigenvalue weighted by Gasteiger charge is -2.33. The van der Waals surface area contributed by atoms with Gasteiger partial charge in [0.15, 0.2) is 0 Å². The van der Waals surface area contributed by atoms with Gasteiger partial charge < -0.3 is 24.7 Å². The molecule has 38 heavy (non-hydrogen) atoms. The molecule has 0 aromatic heterocycles. The van der Waals surface area contributed by atoms with E-state index in [-0.39, 0.29) is 6.04 Å². The summed E-state index contributed by atoms with van der Waals surface area (Å²) in [5, 5.41) is 0. The second-order valence-electron chi connectivity index (χ2n) is 9.17. The zero-order valence-corrected chi connectivity index (χ0v) is 23.2. The predicted molar refractivity (Wildman–Crippen MR) is 160 cm³/mol. The van der Waals surface area contributed by atoms with Crippen LogP contribution in [0, 0.1) is 0 Å². The van der Waals surface area contributed by atoms with Crippen LogP contribution in [0.25, 0.3) is 0 Å². The molecule has 1 atom stereocenters. The number of para-hydroxylation sites is 3. The zero-order valence-electron chi connectivity index (χ0n) is 22.2. The lowest BCUT2D eigenvalue weighted by molar-refractivity contribution is 0.254. The van der Waals surface area contributed by atoms with Gasteiger partial charge in [0.05, 0.1) is 6.04 Å². The molecular formula is C32H40N2O3Si. The van der Waals surface area contributed by atoms with E-state index in [1.165, 1.54) is 0 Å². The Morgan fingerprint density at radius 1 is 0.632 bits per heavy atom. The molecule has 0 amide bonds. The lowest BCUT2D eigenvalue weighted by atomic mass is 10.1. The van der Waals surface area contributed by atoms with E-state index in [1.54, 1.807) is 0 Å². The highest BCUT2D eigenvalue weighted by Gasteiger charge is 2.50. The maximum Gasteiger partial charge on any atom is 0.699 e. The van der Waals surface area contributed by atoms with Gasteiger partial charge in [-0.2, -0.15) is 0 Å². The third kappa shape index (κ3) is 8.21. The summed E-state index contributed by atoms with van der Waals surface area (Å²) in [6.45, 7) is 12.3. The fourth-order valence-electron chi connectivity index (χ4n) is 4.22. The summed E-state index contributed by atoms with van der Waals surface area (Å²) < 4.78 is 20.7. The van der Waals surface area contributed by atoms with Gasteiger partial charge in [-0.15, -0.1) is 19.7 Å². The van der Waals surface area contributed by atoms with Crippen LogP contribution >= 0.6 is 0 Å². The van der Waals surface area contributed by atoms with Crippen molar-refractivity contribution in [2.75, 3.05) is 6.54 Å². The predicted octanol–water partition coefficient (Wildman–Crippen LogP) is 6.41. The van der Waals surface area contributed by atoms with Crippen LogP contribution in [0.15, 0.2) is 111 Å². The lowest BCUT2D eigenvalue weighted by Crippen LogP contribution is -2.56. The Morgan fingerprint density at radius 2 is 1.00 bits per heavy atom. The molecule has 5 nitrogen and oxygen atoms in total. The molecule has 0 fully saturated rings. The van der Waals surface area contributed by atoms with Gasteiger partial charge in [0.25, 0.3) is 0 Å². The molecule has 0 spiro atoms. The van der Waals surface area contributed by atoms with Gasteiger partial charge in [0, 0.05) is 6.04 Å². The molecule has 3 aromatic rings. The summed E-state index contributed by atoms with van der Waals surface area (Å²) in [6.07, 6.45) is 8.92. The van der Waals surface area contributed by atoms with Gasteiger partial charge >= 0.3 is 8.80 Å². The minimum Gasteiger partial charge on any atom is -0.483 e. The monoisotopic (exact) mass is 528 g/mol. The van der Waals surface area contributed by atoms with Crippen LogP contribution in [0.1, 0.15) is 29.5 Å². The first-order chi connectivity index (χ1) is 18.5. The van der Waals surface area contributed by atoms with Crippen LogP contribution in [0.2, 0.25) is 6.04 Å². The molecule has 0 saturated heterocycles. The quantitative estimate of drug-likeness (QED) is 0.156. The van der Waals surface area contributed by atoms with E-state index >= 15 is 0 Å². The topological polar surface area (TPSA) is 79.7 Å². The highest BCUT2D eigenvalue weighted by Crippen LogP contribution is 2.33. The van der Waals surface area contributed by atoms with Crippen LogP contribution in [0.4, 0.5) is 0 Å². The molecule has 200 valence electrons. The van der Waals surface area contributed by atoms with E-state index in [9.17, 15) is 0 Å². The number of hydrogen-bond donors (Lipinski definition) is 2. The summed E-state index contributed by atoms with van der Waals surface area (Å²) in [7, 11) is -3.51. The van der Waals surface area contributed by atoms with E-state index in [0.29, 0.717) is 61.9 Å². The average molecular weight is 529 g/mol. The van der Waals surface area contributed by atoms with Crippen molar-refractivity contribution in [3.63, 3.8) is 0 Å². The Morgan fingerprint density at radius 3 is 1.34 bits per heavy atom. The van der Waals surface area contributed by atoms with Crippen LogP contribution in [0.3, 0.4) is 0 Å². The Kier molecular flexibility index (Phi) is 11.4. The highest BCUT2D eigenvalue weighted by molar-refractivity contribution is 6.63. The smallest absolute Gasteiger partial charge is 0.483 e. The highest BCUT2D eigenvalue weighted by atomic mass is 28.4. The molecule has 0 aliphatic rings. The van der Waals surface area contributed by atoms with Crippen LogP contribution < -0.4 is 24.7 Å². The summed E-state index contributed by atoms with van der Waals surface area (Å²) in [4.78, 5) is 0. The molecule has 0 heterocycles. The normalized spacial score (nSPS) is 11.8. The van der Waals surface area contributed by atoms with Crippen molar-refractivity contribution in [1.82, 2.24) is 0 Å². The van der Waals surface area contributed by atoms with Gasteiger partial charge in [-0.05, 0) is 73.5 Å². The summed E-state index contributed by atoms with van der Waals surface area (Å²) in [5.41, 5.74) is 15.3. The Balaban J connectivity index is 2.15. The van der Waals surface area contributed by atoms with E-state index in [2.05, 4.69) is 19.7 Å². The third-order valence-electron chi connectivity index (χ3n) is 6.17. The number of benzene rings is 3. The van der Waals surface area contributed by atoms with Gasteiger partial charge in [-0.25, -0.2) is 0 Å². The van der Waals surface area contributed by atoms with Crippen molar-refractivity contribution in [1.29, 1.82) is 0 Å². The van der Waals surface area contributed by atoms with Crippen molar-refractivity contribution in [3.05, 3.63) is 127 Å². The molecular weight excluding hydrogens is 488 g/mol. The molecule has 0 aliphatic carbocycles. The maximum atomic E-state index is 6.90. The van der Waals surface area contributed by atoms with E-state index in [1.807, 2.05) is 91.0 Å². The minimum atomic E-state index is -3.51. The Hall–Kier alpha value is -3.58. The first kappa shape index (κ1) is 29.0. The van der Waals surface area contributed by atoms with Crippen molar-refractivity contribution in [3.8, 4) is 17.2 Å². The molecule has 1 unspecified atom stereocenters. The molecule has 3 aromatic carbocycles. The fraction of sp³-hybridized carbons (Fsp3) is 0.250. The van der Waals surface area contributed by atoms with E-state index in [4.69, 9.17) is 24.7 Å². The molecule has 0 aliphatic heterocycles. The molecule has 0 bridgehead atoms. The summed E-state index contributed by atoms with van der Waals surface area (Å²) >= 11 is 0. The molecule has 4 N–H and O–H groups in total. The van der Waals surface area contributed by atoms with Gasteiger partial charge in [0.1, 0.15) is 17.2 Å². The largest absolute Gasteiger partial charge is 0.699 e. The first-order valence-electron chi connectivity index (χ1n) is 13.1. The molecule has 0 radical (unpaired) electrons. The first-order valence-corrected chi connectivity index (χ1v) is 15.1. The van der Waals surface area contributed by atoms with E-state index in [0.717, 1.165) is 16.7 Å².